The van der Waals surface area contributed by atoms with E-state index in [9.17, 15) is 0 Å². The van der Waals surface area contributed by atoms with Crippen molar-refractivity contribution in [2.24, 2.45) is 0 Å². The average Bonchev–Trinajstić information content (AvgIpc) is 2.49. The van der Waals surface area contributed by atoms with Crippen molar-refractivity contribution in [1.29, 1.82) is 0 Å². The van der Waals surface area contributed by atoms with Gasteiger partial charge >= 0.3 is 0 Å². The predicted molar refractivity (Wildman–Crippen MR) is 86.1 cm³/mol. The van der Waals surface area contributed by atoms with E-state index in [0.717, 1.165) is 29.9 Å². The van der Waals surface area contributed by atoms with Gasteiger partial charge in [0.1, 0.15) is 11.5 Å². The van der Waals surface area contributed by atoms with Gasteiger partial charge in [-0.15, -0.1) is 11.6 Å². The molecule has 0 aliphatic carbocycles. The van der Waals surface area contributed by atoms with Crippen molar-refractivity contribution in [3.63, 3.8) is 0 Å². The van der Waals surface area contributed by atoms with E-state index in [1.165, 1.54) is 32.1 Å². The second-order valence-corrected chi connectivity index (χ2v) is 5.66. The van der Waals surface area contributed by atoms with E-state index in [2.05, 4.69) is 6.92 Å². The van der Waals surface area contributed by atoms with Crippen LogP contribution in [0.3, 0.4) is 0 Å². The lowest BCUT2D eigenvalue weighted by Gasteiger charge is -2.15. The first-order valence-corrected chi connectivity index (χ1v) is 8.02. The molecule has 0 amide bonds. The van der Waals surface area contributed by atoms with Gasteiger partial charge in [0.15, 0.2) is 0 Å². The highest BCUT2D eigenvalue weighted by Crippen LogP contribution is 2.36. The van der Waals surface area contributed by atoms with Gasteiger partial charge < -0.3 is 9.47 Å². The minimum atomic E-state index is -0.00812. The van der Waals surface area contributed by atoms with Gasteiger partial charge in [0.25, 0.3) is 0 Å². The van der Waals surface area contributed by atoms with Crippen LogP contribution < -0.4 is 9.47 Å². The molecule has 0 aliphatic heterocycles. The lowest BCUT2D eigenvalue weighted by atomic mass is 10.0. The number of alkyl halides is 1. The summed E-state index contributed by atoms with van der Waals surface area (Å²) in [5.74, 6) is 1.67. The normalized spacial score (nSPS) is 12.2. The van der Waals surface area contributed by atoms with E-state index < -0.39 is 0 Å². The Bertz CT molecular complexity index is 379. The summed E-state index contributed by atoms with van der Waals surface area (Å²) < 4.78 is 10.6. The van der Waals surface area contributed by atoms with E-state index in [1.807, 2.05) is 18.2 Å². The molecule has 3 heteroatoms. The lowest BCUT2D eigenvalue weighted by Crippen LogP contribution is -1.97. The summed E-state index contributed by atoms with van der Waals surface area (Å²) in [4.78, 5) is 0. The third kappa shape index (κ3) is 5.62. The Kier molecular flexibility index (Phi) is 8.52. The molecule has 0 radical (unpaired) electrons. The molecule has 20 heavy (non-hydrogen) atoms. The Morgan fingerprint density at radius 1 is 1.00 bits per heavy atom. The van der Waals surface area contributed by atoms with Crippen molar-refractivity contribution >= 4 is 11.6 Å². The summed E-state index contributed by atoms with van der Waals surface area (Å²) in [7, 11) is 3.35. The third-order valence-electron chi connectivity index (χ3n) is 3.59. The molecule has 1 unspecified atom stereocenters. The van der Waals surface area contributed by atoms with Crippen LogP contribution >= 0.6 is 11.6 Å². The first-order chi connectivity index (χ1) is 9.72. The smallest absolute Gasteiger partial charge is 0.123 e. The second kappa shape index (κ2) is 9.93. The van der Waals surface area contributed by atoms with Gasteiger partial charge in [0.2, 0.25) is 0 Å². The van der Waals surface area contributed by atoms with Crippen LogP contribution in [0.15, 0.2) is 18.2 Å². The zero-order chi connectivity index (χ0) is 14.8. The van der Waals surface area contributed by atoms with Crippen LogP contribution in [0.4, 0.5) is 0 Å². The summed E-state index contributed by atoms with van der Waals surface area (Å²) in [6, 6.07) is 5.80. The molecule has 0 heterocycles. The fourth-order valence-corrected chi connectivity index (χ4v) is 2.67. The fourth-order valence-electron chi connectivity index (χ4n) is 2.34. The van der Waals surface area contributed by atoms with Crippen LogP contribution in [-0.2, 0) is 0 Å². The second-order valence-electron chi connectivity index (χ2n) is 5.13. The maximum Gasteiger partial charge on any atom is 0.123 e. The number of hydrogen-bond donors (Lipinski definition) is 0. The maximum atomic E-state index is 6.52. The summed E-state index contributed by atoms with van der Waals surface area (Å²) in [6.45, 7) is 2.24. The minimum absolute atomic E-state index is 0.00812. The first kappa shape index (κ1) is 17.2. The molecule has 0 aromatic heterocycles. The van der Waals surface area contributed by atoms with Gasteiger partial charge in [-0.2, -0.15) is 0 Å². The van der Waals surface area contributed by atoms with Crippen LogP contribution in [0, 0.1) is 0 Å². The number of halogens is 1. The maximum absolute atomic E-state index is 6.52. The summed E-state index contributed by atoms with van der Waals surface area (Å²) in [6.07, 6.45) is 8.69. The highest BCUT2D eigenvalue weighted by atomic mass is 35.5. The Morgan fingerprint density at radius 3 is 2.35 bits per heavy atom. The van der Waals surface area contributed by atoms with Gasteiger partial charge in [-0.25, -0.2) is 0 Å². The molecule has 1 aromatic carbocycles. The molecular formula is C17H27ClO2. The Morgan fingerprint density at radius 2 is 1.70 bits per heavy atom. The topological polar surface area (TPSA) is 18.5 Å². The van der Waals surface area contributed by atoms with Crippen molar-refractivity contribution in [3.05, 3.63) is 23.8 Å². The molecular weight excluding hydrogens is 272 g/mol. The molecule has 1 aromatic rings. The van der Waals surface area contributed by atoms with Crippen LogP contribution in [0.2, 0.25) is 0 Å². The van der Waals surface area contributed by atoms with Gasteiger partial charge in [-0.1, -0.05) is 45.4 Å². The number of methoxy groups -OCH3 is 2. The van der Waals surface area contributed by atoms with Crippen molar-refractivity contribution in [2.75, 3.05) is 14.2 Å². The quantitative estimate of drug-likeness (QED) is 0.405. The van der Waals surface area contributed by atoms with Crippen molar-refractivity contribution in [1.82, 2.24) is 0 Å². The number of hydrogen-bond acceptors (Lipinski definition) is 2. The van der Waals surface area contributed by atoms with Gasteiger partial charge in [-0.3, -0.25) is 0 Å². The van der Waals surface area contributed by atoms with Crippen molar-refractivity contribution < 1.29 is 9.47 Å². The highest BCUT2D eigenvalue weighted by Gasteiger charge is 2.14. The standard InChI is InChI=1S/C17H27ClO2/c1-4-5-6-7-8-9-10-16(18)15-13-14(19-2)11-12-17(15)20-3/h11-13,16H,4-10H2,1-3H3. The Balaban J connectivity index is 2.47. The Hall–Kier alpha value is -0.890. The third-order valence-corrected chi connectivity index (χ3v) is 4.04. The van der Waals surface area contributed by atoms with E-state index >= 15 is 0 Å². The van der Waals surface area contributed by atoms with E-state index in [4.69, 9.17) is 21.1 Å². The SMILES string of the molecule is CCCCCCCCC(Cl)c1cc(OC)ccc1OC. The van der Waals surface area contributed by atoms with Crippen LogP contribution in [0.25, 0.3) is 0 Å². The predicted octanol–water partition coefficient (Wildman–Crippen LogP) is 5.73. The number of benzene rings is 1. The van der Waals surface area contributed by atoms with Crippen LogP contribution in [0.5, 0.6) is 11.5 Å². The fraction of sp³-hybridized carbons (Fsp3) is 0.647. The monoisotopic (exact) mass is 298 g/mol. The summed E-state index contributed by atoms with van der Waals surface area (Å²) >= 11 is 6.52. The number of unbranched alkanes of at least 4 members (excludes halogenated alkanes) is 5. The molecule has 0 saturated heterocycles. The largest absolute Gasteiger partial charge is 0.497 e. The number of rotatable bonds is 10. The zero-order valence-electron chi connectivity index (χ0n) is 13.0. The highest BCUT2D eigenvalue weighted by molar-refractivity contribution is 6.21. The molecule has 114 valence electrons. The lowest BCUT2D eigenvalue weighted by molar-refractivity contribution is 0.397. The molecule has 0 spiro atoms. The van der Waals surface area contributed by atoms with Crippen molar-refractivity contribution in [2.45, 2.75) is 57.2 Å². The average molecular weight is 299 g/mol. The molecule has 2 nitrogen and oxygen atoms in total. The van der Waals surface area contributed by atoms with Crippen LogP contribution in [0.1, 0.15) is 62.8 Å². The van der Waals surface area contributed by atoms with Gasteiger partial charge in [0, 0.05) is 5.56 Å². The molecule has 1 atom stereocenters. The van der Waals surface area contributed by atoms with Crippen LogP contribution in [-0.4, -0.2) is 14.2 Å². The summed E-state index contributed by atoms with van der Waals surface area (Å²) in [5.41, 5.74) is 1.03. The molecule has 0 N–H and O–H groups in total. The minimum Gasteiger partial charge on any atom is -0.497 e. The molecule has 0 bridgehead atoms. The first-order valence-electron chi connectivity index (χ1n) is 7.59. The van der Waals surface area contributed by atoms with E-state index in [1.54, 1.807) is 14.2 Å². The summed E-state index contributed by atoms with van der Waals surface area (Å²) in [5, 5.41) is -0.00812. The number of ether oxygens (including phenoxy) is 2. The molecule has 0 fully saturated rings. The van der Waals surface area contributed by atoms with E-state index in [0.29, 0.717) is 0 Å². The molecule has 0 aliphatic rings. The molecule has 1 rings (SSSR count). The Labute approximate surface area is 128 Å². The van der Waals surface area contributed by atoms with Gasteiger partial charge in [0.05, 0.1) is 19.6 Å². The zero-order valence-corrected chi connectivity index (χ0v) is 13.7. The van der Waals surface area contributed by atoms with Gasteiger partial charge in [-0.05, 0) is 24.6 Å². The molecule has 0 saturated carbocycles. The van der Waals surface area contributed by atoms with Crippen molar-refractivity contribution in [3.8, 4) is 11.5 Å². The van der Waals surface area contributed by atoms with E-state index in [-0.39, 0.29) is 5.38 Å².